The smallest absolute Gasteiger partial charge is 0.410 e. The van der Waals surface area contributed by atoms with Gasteiger partial charge in [0, 0.05) is 0 Å². The fourth-order valence-corrected chi connectivity index (χ4v) is 2.94. The van der Waals surface area contributed by atoms with Gasteiger partial charge in [-0.25, -0.2) is 4.79 Å². The lowest BCUT2D eigenvalue weighted by Gasteiger charge is -2.23. The van der Waals surface area contributed by atoms with Crippen LogP contribution in [-0.4, -0.2) is 29.2 Å². The Morgan fingerprint density at radius 3 is 2.67 bits per heavy atom. The van der Waals surface area contributed by atoms with Crippen molar-refractivity contribution in [2.24, 2.45) is 0 Å². The van der Waals surface area contributed by atoms with E-state index in [2.05, 4.69) is 0 Å². The van der Waals surface area contributed by atoms with Crippen molar-refractivity contribution in [3.8, 4) is 0 Å². The second-order valence-corrected chi connectivity index (χ2v) is 4.13. The van der Waals surface area contributed by atoms with Crippen LogP contribution < -0.4 is 0 Å². The van der Waals surface area contributed by atoms with Crippen molar-refractivity contribution in [3.63, 3.8) is 0 Å². The van der Waals surface area contributed by atoms with Gasteiger partial charge in [-0.05, 0) is 12.8 Å². The SMILES string of the molecule is O=C1OC[C@H]2N1C21CCCCC1. The number of rotatable bonds is 0. The van der Waals surface area contributed by atoms with Crippen molar-refractivity contribution < 1.29 is 9.53 Å². The quantitative estimate of drug-likeness (QED) is 0.512. The van der Waals surface area contributed by atoms with Crippen LogP contribution in [0.2, 0.25) is 0 Å². The Bertz CT molecular complexity index is 233. The maximum atomic E-state index is 11.2. The second kappa shape index (κ2) is 1.95. The van der Waals surface area contributed by atoms with Crippen LogP contribution in [0.4, 0.5) is 4.79 Å². The molecule has 2 aliphatic heterocycles. The first-order chi connectivity index (χ1) is 5.84. The van der Waals surface area contributed by atoms with Crippen molar-refractivity contribution in [2.75, 3.05) is 6.61 Å². The molecule has 0 radical (unpaired) electrons. The molecule has 2 saturated heterocycles. The highest BCUT2D eigenvalue weighted by molar-refractivity contribution is 5.76. The number of hydrogen-bond acceptors (Lipinski definition) is 2. The lowest BCUT2D eigenvalue weighted by Crippen LogP contribution is -2.29. The third-order valence-corrected chi connectivity index (χ3v) is 3.62. The number of amides is 1. The molecule has 0 aromatic heterocycles. The Kier molecular flexibility index (Phi) is 1.10. The topological polar surface area (TPSA) is 29.3 Å². The van der Waals surface area contributed by atoms with Crippen molar-refractivity contribution in [1.29, 1.82) is 0 Å². The second-order valence-electron chi connectivity index (χ2n) is 4.13. The molecule has 66 valence electrons. The van der Waals surface area contributed by atoms with Crippen molar-refractivity contribution in [3.05, 3.63) is 0 Å². The van der Waals surface area contributed by atoms with Crippen LogP contribution in [0.25, 0.3) is 0 Å². The average molecular weight is 167 g/mol. The fourth-order valence-electron chi connectivity index (χ4n) is 2.94. The molecular formula is C9H13NO2. The van der Waals surface area contributed by atoms with E-state index in [4.69, 9.17) is 4.74 Å². The Labute approximate surface area is 71.7 Å². The molecule has 0 aromatic rings. The van der Waals surface area contributed by atoms with Gasteiger partial charge in [0.25, 0.3) is 0 Å². The molecule has 0 bridgehead atoms. The van der Waals surface area contributed by atoms with Gasteiger partial charge in [0.1, 0.15) is 6.61 Å². The monoisotopic (exact) mass is 167 g/mol. The molecule has 1 atom stereocenters. The van der Waals surface area contributed by atoms with Gasteiger partial charge in [-0.3, -0.25) is 4.90 Å². The summed E-state index contributed by atoms with van der Waals surface area (Å²) in [5.74, 6) is 0. The Morgan fingerprint density at radius 2 is 2.08 bits per heavy atom. The van der Waals surface area contributed by atoms with Gasteiger partial charge >= 0.3 is 6.09 Å². The fraction of sp³-hybridized carbons (Fsp3) is 0.889. The van der Waals surface area contributed by atoms with Gasteiger partial charge in [0.2, 0.25) is 0 Å². The highest BCUT2D eigenvalue weighted by Gasteiger charge is 2.69. The number of fused-ring (bicyclic) bond motifs is 3. The van der Waals surface area contributed by atoms with E-state index in [1.807, 2.05) is 4.90 Å². The summed E-state index contributed by atoms with van der Waals surface area (Å²) in [6, 6.07) is 0.449. The van der Waals surface area contributed by atoms with Crippen LogP contribution in [0, 0.1) is 0 Å². The summed E-state index contributed by atoms with van der Waals surface area (Å²) in [6.45, 7) is 0.652. The van der Waals surface area contributed by atoms with Crippen LogP contribution in [0.1, 0.15) is 32.1 Å². The minimum atomic E-state index is -0.0677. The normalized spacial score (nSPS) is 36.5. The zero-order valence-corrected chi connectivity index (χ0v) is 7.08. The van der Waals surface area contributed by atoms with Crippen molar-refractivity contribution in [1.82, 2.24) is 4.90 Å². The lowest BCUT2D eigenvalue weighted by atomic mass is 9.86. The molecule has 3 heteroatoms. The van der Waals surface area contributed by atoms with Crippen LogP contribution in [0.15, 0.2) is 0 Å². The van der Waals surface area contributed by atoms with Gasteiger partial charge in [0.05, 0.1) is 11.6 Å². The first-order valence-corrected chi connectivity index (χ1v) is 4.81. The summed E-state index contributed by atoms with van der Waals surface area (Å²) in [5.41, 5.74) is 0.271. The maximum absolute atomic E-state index is 11.2. The number of carbonyl (C=O) groups is 1. The van der Waals surface area contributed by atoms with Gasteiger partial charge in [-0.2, -0.15) is 0 Å². The van der Waals surface area contributed by atoms with Gasteiger partial charge < -0.3 is 4.74 Å². The Hall–Kier alpha value is -0.730. The minimum absolute atomic E-state index is 0.0677. The molecule has 0 aromatic carbocycles. The van der Waals surface area contributed by atoms with E-state index in [9.17, 15) is 4.79 Å². The highest BCUT2D eigenvalue weighted by atomic mass is 16.6. The highest BCUT2D eigenvalue weighted by Crippen LogP contribution is 2.54. The van der Waals surface area contributed by atoms with Crippen LogP contribution >= 0.6 is 0 Å². The predicted molar refractivity (Wildman–Crippen MR) is 42.8 cm³/mol. The number of ether oxygens (including phenoxy) is 1. The van der Waals surface area contributed by atoms with E-state index in [0.29, 0.717) is 12.6 Å². The third kappa shape index (κ3) is 0.609. The molecule has 1 saturated carbocycles. The van der Waals surface area contributed by atoms with E-state index in [-0.39, 0.29) is 11.6 Å². The minimum Gasteiger partial charge on any atom is -0.447 e. The van der Waals surface area contributed by atoms with E-state index < -0.39 is 0 Å². The number of carbonyl (C=O) groups excluding carboxylic acids is 1. The molecule has 3 aliphatic rings. The summed E-state index contributed by atoms with van der Waals surface area (Å²) < 4.78 is 4.93. The maximum Gasteiger partial charge on any atom is 0.410 e. The van der Waals surface area contributed by atoms with Crippen LogP contribution in [0.3, 0.4) is 0 Å². The van der Waals surface area contributed by atoms with Gasteiger partial charge in [0.15, 0.2) is 0 Å². The Balaban J connectivity index is 1.83. The van der Waals surface area contributed by atoms with E-state index in [1.54, 1.807) is 0 Å². The number of hydrogen-bond donors (Lipinski definition) is 0. The van der Waals surface area contributed by atoms with Crippen LogP contribution in [-0.2, 0) is 4.74 Å². The van der Waals surface area contributed by atoms with Crippen molar-refractivity contribution in [2.45, 2.75) is 43.7 Å². The number of cyclic esters (lactones) is 1. The predicted octanol–water partition coefficient (Wildman–Crippen LogP) is 1.52. The first kappa shape index (κ1) is 6.75. The van der Waals surface area contributed by atoms with Crippen molar-refractivity contribution >= 4 is 6.09 Å². The summed E-state index contributed by atoms with van der Waals surface area (Å²) in [4.78, 5) is 13.2. The zero-order valence-electron chi connectivity index (χ0n) is 7.08. The molecule has 1 aliphatic carbocycles. The lowest BCUT2D eigenvalue weighted by molar-refractivity contribution is 0.138. The van der Waals surface area contributed by atoms with Gasteiger partial charge in [-0.15, -0.1) is 0 Å². The average Bonchev–Trinajstić information content (AvgIpc) is 2.51. The van der Waals surface area contributed by atoms with E-state index in [0.717, 1.165) is 0 Å². The van der Waals surface area contributed by atoms with E-state index in [1.165, 1.54) is 32.1 Å². The summed E-state index contributed by atoms with van der Waals surface area (Å²) in [6.07, 6.45) is 6.29. The molecule has 12 heavy (non-hydrogen) atoms. The largest absolute Gasteiger partial charge is 0.447 e. The summed E-state index contributed by atoms with van der Waals surface area (Å²) in [7, 11) is 0. The Morgan fingerprint density at radius 1 is 1.33 bits per heavy atom. The molecule has 1 spiro atoms. The third-order valence-electron chi connectivity index (χ3n) is 3.62. The summed E-state index contributed by atoms with van der Waals surface area (Å²) >= 11 is 0. The molecular weight excluding hydrogens is 154 g/mol. The van der Waals surface area contributed by atoms with E-state index >= 15 is 0 Å². The first-order valence-electron chi connectivity index (χ1n) is 4.81. The molecule has 0 unspecified atom stereocenters. The molecule has 1 amide bonds. The zero-order chi connectivity index (χ0) is 8.18. The summed E-state index contributed by atoms with van der Waals surface area (Å²) in [5, 5.41) is 0. The molecule has 3 rings (SSSR count). The molecule has 3 fully saturated rings. The number of nitrogens with zero attached hydrogens (tertiary/aromatic N) is 1. The molecule has 3 nitrogen and oxygen atoms in total. The van der Waals surface area contributed by atoms with Crippen LogP contribution in [0.5, 0.6) is 0 Å². The molecule has 2 heterocycles. The molecule has 0 N–H and O–H groups in total. The standard InChI is InChI=1S/C9H13NO2/c11-8-10-7(6-12-8)9(10)4-2-1-3-5-9/h7H,1-6H2/t7-,10?/m1/s1. The van der Waals surface area contributed by atoms with Gasteiger partial charge in [-0.1, -0.05) is 19.3 Å².